The molecule has 232 valence electrons. The maximum atomic E-state index is 14.3. The monoisotopic (exact) mass is 600 g/mol. The van der Waals surface area contributed by atoms with Gasteiger partial charge in [-0.25, -0.2) is 0 Å². The molecule has 4 N–H and O–H groups in total. The van der Waals surface area contributed by atoms with Crippen LogP contribution >= 0.6 is 0 Å². The Morgan fingerprint density at radius 1 is 0.955 bits per heavy atom. The highest BCUT2D eigenvalue weighted by molar-refractivity contribution is 6.25. The highest BCUT2D eigenvalue weighted by Crippen LogP contribution is 2.55. The standard InChI is InChI=1S/C36H40O8/c1-17(37)28-27(39)16-23-13-21-15-25-24(18-7-10-22(11-8-18)35(2,3)4)14-20(9-12-26(38)19-5-6-19)31(40)30(25)32(41)29(21)34(43)36(23,44)33(28)42/h7-8,10-11,19-21,23,39-40,43-44H,5-6,9,12-16H2,1-4H3/t20?,21-,23+,36-/m0/s1. The number of Topliss-reactive ketones (excluding diaryl/α,β-unsaturated/α-hetero) is 4. The molecule has 0 saturated heterocycles. The lowest BCUT2D eigenvalue weighted by Gasteiger charge is -2.47. The molecule has 4 atom stereocenters. The highest BCUT2D eigenvalue weighted by Gasteiger charge is 2.60. The number of carbonyl (C=O) groups excluding carboxylic acids is 4. The molecule has 2 fully saturated rings. The summed E-state index contributed by atoms with van der Waals surface area (Å²) >= 11 is 0. The number of benzene rings is 1. The molecule has 6 rings (SSSR count). The Balaban J connectivity index is 1.46. The molecule has 0 aromatic heterocycles. The summed E-state index contributed by atoms with van der Waals surface area (Å²) in [5.74, 6) is -5.61. The Labute approximate surface area is 256 Å². The second-order valence-corrected chi connectivity index (χ2v) is 14.3. The van der Waals surface area contributed by atoms with Crippen LogP contribution in [0.25, 0.3) is 5.57 Å². The number of hydrogen-bond acceptors (Lipinski definition) is 8. The minimum absolute atomic E-state index is 0.0586. The lowest BCUT2D eigenvalue weighted by Crippen LogP contribution is -2.56. The van der Waals surface area contributed by atoms with Gasteiger partial charge in [-0.3, -0.25) is 19.2 Å². The predicted octanol–water partition coefficient (Wildman–Crippen LogP) is 5.86. The third-order valence-corrected chi connectivity index (χ3v) is 10.4. The number of fused-ring (bicyclic) bond motifs is 3. The molecule has 5 aliphatic rings. The molecule has 1 aromatic carbocycles. The average Bonchev–Trinajstić information content (AvgIpc) is 3.80. The molecule has 0 aliphatic heterocycles. The van der Waals surface area contributed by atoms with Gasteiger partial charge in [-0.2, -0.15) is 0 Å². The minimum atomic E-state index is -2.53. The van der Waals surface area contributed by atoms with Crippen molar-refractivity contribution in [2.75, 3.05) is 0 Å². The summed E-state index contributed by atoms with van der Waals surface area (Å²) in [6, 6.07) is 8.16. The SMILES string of the molecule is CC(=O)C1=C(O)C[C@H]2C[C@H]3CC4=C(c5ccc(C(C)(C)C)cc5)CC(CCC(=O)C5CC5)C(O)=C4C(=O)C3=C(O)[C@@]2(O)C1=O. The van der Waals surface area contributed by atoms with E-state index in [1.165, 1.54) is 0 Å². The van der Waals surface area contributed by atoms with Crippen LogP contribution in [0.5, 0.6) is 0 Å². The molecule has 1 unspecified atom stereocenters. The first kappa shape index (κ1) is 30.3. The van der Waals surface area contributed by atoms with Crippen molar-refractivity contribution in [1.82, 2.24) is 0 Å². The van der Waals surface area contributed by atoms with Crippen molar-refractivity contribution in [2.24, 2.45) is 23.7 Å². The maximum absolute atomic E-state index is 14.3. The summed E-state index contributed by atoms with van der Waals surface area (Å²) in [5.41, 5.74) is 0.389. The van der Waals surface area contributed by atoms with Crippen molar-refractivity contribution in [2.45, 2.75) is 90.1 Å². The Morgan fingerprint density at radius 2 is 1.61 bits per heavy atom. The van der Waals surface area contributed by atoms with Gasteiger partial charge < -0.3 is 20.4 Å². The molecule has 0 spiro atoms. The molecular formula is C36H40O8. The topological polar surface area (TPSA) is 149 Å². The quantitative estimate of drug-likeness (QED) is 0.297. The van der Waals surface area contributed by atoms with Crippen LogP contribution in [0.4, 0.5) is 0 Å². The fourth-order valence-corrected chi connectivity index (χ4v) is 7.71. The fourth-order valence-electron chi connectivity index (χ4n) is 7.71. The molecule has 0 bridgehead atoms. The van der Waals surface area contributed by atoms with Gasteiger partial charge in [-0.1, -0.05) is 45.0 Å². The molecule has 8 nitrogen and oxygen atoms in total. The number of aliphatic hydroxyl groups excluding tert-OH is 3. The van der Waals surface area contributed by atoms with Crippen molar-refractivity contribution in [1.29, 1.82) is 0 Å². The third kappa shape index (κ3) is 4.69. The van der Waals surface area contributed by atoms with Crippen molar-refractivity contribution >= 4 is 28.7 Å². The van der Waals surface area contributed by atoms with E-state index in [0.29, 0.717) is 24.8 Å². The van der Waals surface area contributed by atoms with Crippen LogP contribution in [0.1, 0.15) is 90.2 Å². The van der Waals surface area contributed by atoms with Gasteiger partial charge in [0.15, 0.2) is 17.2 Å². The summed E-state index contributed by atoms with van der Waals surface area (Å²) in [6.07, 6.45) is 3.10. The number of hydrogen-bond donors (Lipinski definition) is 4. The zero-order valence-electron chi connectivity index (χ0n) is 25.7. The van der Waals surface area contributed by atoms with Crippen molar-refractivity contribution in [3.8, 4) is 0 Å². The van der Waals surface area contributed by atoms with Crippen LogP contribution in [-0.2, 0) is 24.6 Å². The van der Waals surface area contributed by atoms with Gasteiger partial charge in [0, 0.05) is 36.2 Å². The van der Waals surface area contributed by atoms with Crippen molar-refractivity contribution in [3.63, 3.8) is 0 Å². The average molecular weight is 601 g/mol. The zero-order valence-corrected chi connectivity index (χ0v) is 25.7. The van der Waals surface area contributed by atoms with Crippen LogP contribution < -0.4 is 0 Å². The van der Waals surface area contributed by atoms with Gasteiger partial charge >= 0.3 is 0 Å². The Morgan fingerprint density at radius 3 is 2.20 bits per heavy atom. The Hall–Kier alpha value is -3.78. The van der Waals surface area contributed by atoms with Gasteiger partial charge in [0.05, 0.1) is 5.57 Å². The van der Waals surface area contributed by atoms with E-state index in [-0.39, 0.29) is 53.3 Å². The van der Waals surface area contributed by atoms with E-state index < -0.39 is 57.8 Å². The summed E-state index contributed by atoms with van der Waals surface area (Å²) < 4.78 is 0. The van der Waals surface area contributed by atoms with Crippen LogP contribution in [-0.4, -0.2) is 49.2 Å². The molecule has 1 aromatic rings. The van der Waals surface area contributed by atoms with E-state index in [9.17, 15) is 39.6 Å². The second-order valence-electron chi connectivity index (χ2n) is 14.3. The number of rotatable bonds is 6. The van der Waals surface area contributed by atoms with Gasteiger partial charge in [0.25, 0.3) is 0 Å². The summed E-state index contributed by atoms with van der Waals surface area (Å²) in [5, 5.41) is 45.2. The molecule has 2 saturated carbocycles. The van der Waals surface area contributed by atoms with Crippen LogP contribution in [0.3, 0.4) is 0 Å². The molecule has 5 aliphatic carbocycles. The number of allylic oxidation sites excluding steroid dienone is 6. The molecular weight excluding hydrogens is 560 g/mol. The summed E-state index contributed by atoms with van der Waals surface area (Å²) in [6.45, 7) is 7.48. The summed E-state index contributed by atoms with van der Waals surface area (Å²) in [4.78, 5) is 52.4. The molecule has 0 radical (unpaired) electrons. The van der Waals surface area contributed by atoms with E-state index in [2.05, 4.69) is 32.9 Å². The predicted molar refractivity (Wildman–Crippen MR) is 163 cm³/mol. The zero-order chi connectivity index (χ0) is 31.9. The Bertz CT molecular complexity index is 1620. The summed E-state index contributed by atoms with van der Waals surface area (Å²) in [7, 11) is 0. The van der Waals surface area contributed by atoms with E-state index >= 15 is 0 Å². The van der Waals surface area contributed by atoms with Gasteiger partial charge in [-0.05, 0) is 79.1 Å². The third-order valence-electron chi connectivity index (χ3n) is 10.4. The van der Waals surface area contributed by atoms with Crippen LogP contribution in [0, 0.1) is 23.7 Å². The first-order chi connectivity index (χ1) is 20.6. The molecule has 8 heteroatoms. The van der Waals surface area contributed by atoms with Crippen molar-refractivity contribution in [3.05, 3.63) is 75.0 Å². The van der Waals surface area contributed by atoms with E-state index in [0.717, 1.165) is 36.5 Å². The molecule has 44 heavy (non-hydrogen) atoms. The van der Waals surface area contributed by atoms with Gasteiger partial charge in [0.2, 0.25) is 5.78 Å². The fraction of sp³-hybridized carbons (Fsp3) is 0.500. The lowest BCUT2D eigenvalue weighted by atomic mass is 9.58. The second kappa shape index (κ2) is 10.4. The Kier molecular flexibility index (Phi) is 7.15. The number of aliphatic hydroxyl groups is 4. The normalized spacial score (nSPS) is 29.1. The minimum Gasteiger partial charge on any atom is -0.511 e. The van der Waals surface area contributed by atoms with Gasteiger partial charge in [-0.15, -0.1) is 0 Å². The molecule has 0 heterocycles. The maximum Gasteiger partial charge on any atom is 0.209 e. The first-order valence-corrected chi connectivity index (χ1v) is 15.6. The smallest absolute Gasteiger partial charge is 0.209 e. The van der Waals surface area contributed by atoms with Gasteiger partial charge in [0.1, 0.15) is 28.6 Å². The van der Waals surface area contributed by atoms with E-state index in [4.69, 9.17) is 0 Å². The highest BCUT2D eigenvalue weighted by atomic mass is 16.3. The van der Waals surface area contributed by atoms with Crippen molar-refractivity contribution < 1.29 is 39.6 Å². The van der Waals surface area contributed by atoms with E-state index in [1.54, 1.807) is 0 Å². The first-order valence-electron chi connectivity index (χ1n) is 15.6. The number of ketones is 4. The van der Waals surface area contributed by atoms with Crippen LogP contribution in [0.2, 0.25) is 0 Å². The number of carbonyl (C=O) groups is 4. The van der Waals surface area contributed by atoms with E-state index in [1.807, 2.05) is 12.1 Å². The lowest BCUT2D eigenvalue weighted by molar-refractivity contribution is -0.144. The van der Waals surface area contributed by atoms with Crippen LogP contribution in [0.15, 0.2) is 63.8 Å². The largest absolute Gasteiger partial charge is 0.511 e. The molecule has 0 amide bonds.